The van der Waals surface area contributed by atoms with E-state index in [0.717, 1.165) is 5.56 Å². The molecule has 7 rings (SSSR count). The maximum Gasteiger partial charge on any atom is 0.270 e. The van der Waals surface area contributed by atoms with Crippen LogP contribution in [-0.2, 0) is 27.1 Å². The van der Waals surface area contributed by atoms with Crippen molar-refractivity contribution < 1.29 is 19.2 Å². The molecule has 0 spiro atoms. The molecule has 13 nitrogen and oxygen atoms in total. The zero-order valence-corrected chi connectivity index (χ0v) is 30.2. The fraction of sp³-hybridized carbons (Fsp3) is 0.306. The molecule has 2 aromatic heterocycles. The number of nitrogens with one attached hydrogen (secondary N) is 3. The molecule has 2 aliphatic carbocycles. The van der Waals surface area contributed by atoms with Gasteiger partial charge in [0, 0.05) is 35.8 Å². The molecular formula is C36H34Cl3N9O4. The van der Waals surface area contributed by atoms with Gasteiger partial charge in [-0.05, 0) is 80.6 Å². The molecule has 2 saturated carbocycles. The molecule has 0 bridgehead atoms. The van der Waals surface area contributed by atoms with E-state index in [1.165, 1.54) is 17.3 Å². The van der Waals surface area contributed by atoms with E-state index in [0.29, 0.717) is 71.3 Å². The molecule has 0 unspecified atom stereocenters. The highest BCUT2D eigenvalue weighted by Crippen LogP contribution is 2.47. The molecule has 5 N–H and O–H groups in total. The Balaban J connectivity index is 0.00000464. The molecular weight excluding hydrogens is 729 g/mol. The maximum atomic E-state index is 14.4. The predicted octanol–water partition coefficient (Wildman–Crippen LogP) is 4.27. The Bertz CT molecular complexity index is 2100. The summed E-state index contributed by atoms with van der Waals surface area (Å²) in [5.41, 5.74) is 4.98. The van der Waals surface area contributed by atoms with E-state index in [4.69, 9.17) is 28.9 Å². The summed E-state index contributed by atoms with van der Waals surface area (Å²) < 4.78 is 1.59. The molecule has 3 heterocycles. The number of anilines is 2. The number of nitrogens with two attached hydrogens (primary N) is 1. The van der Waals surface area contributed by atoms with Gasteiger partial charge in [0.15, 0.2) is 0 Å². The number of carbonyl (C=O) groups is 4. The molecule has 4 amide bonds. The van der Waals surface area contributed by atoms with Gasteiger partial charge < -0.3 is 21.7 Å². The lowest BCUT2D eigenvalue weighted by Gasteiger charge is -2.27. The van der Waals surface area contributed by atoms with Gasteiger partial charge in [-0.15, -0.1) is 12.4 Å². The number of aromatic nitrogens is 3. The van der Waals surface area contributed by atoms with Gasteiger partial charge in [-0.2, -0.15) is 5.26 Å². The van der Waals surface area contributed by atoms with Crippen molar-refractivity contribution in [3.8, 4) is 6.07 Å². The van der Waals surface area contributed by atoms with Crippen molar-refractivity contribution in [1.29, 1.82) is 5.26 Å². The summed E-state index contributed by atoms with van der Waals surface area (Å²) in [4.78, 5) is 65.0. The lowest BCUT2D eigenvalue weighted by atomic mass is 9.91. The van der Waals surface area contributed by atoms with Gasteiger partial charge in [-0.3, -0.25) is 28.7 Å². The van der Waals surface area contributed by atoms with Crippen molar-refractivity contribution in [1.82, 2.24) is 30.5 Å². The van der Waals surface area contributed by atoms with Gasteiger partial charge in [0.1, 0.15) is 16.8 Å². The third-order valence-corrected chi connectivity index (χ3v) is 10.1. The zero-order valence-electron chi connectivity index (χ0n) is 27.9. The minimum Gasteiger partial charge on any atom is -0.351 e. The van der Waals surface area contributed by atoms with Gasteiger partial charge in [-0.25, -0.2) is 9.88 Å². The van der Waals surface area contributed by atoms with E-state index >= 15 is 0 Å². The van der Waals surface area contributed by atoms with Crippen LogP contribution in [0.5, 0.6) is 0 Å². The summed E-state index contributed by atoms with van der Waals surface area (Å²) in [6.45, 7) is 2.39. The molecule has 16 heteroatoms. The first kappa shape index (κ1) is 36.8. The van der Waals surface area contributed by atoms with Crippen LogP contribution in [0, 0.1) is 11.3 Å². The number of nitrogens with zero attached hydrogens (tertiary/aromatic N) is 5. The van der Waals surface area contributed by atoms with Crippen molar-refractivity contribution in [2.24, 2.45) is 5.73 Å². The normalized spacial score (nSPS) is 18.8. The topological polar surface area (TPSA) is 188 Å². The van der Waals surface area contributed by atoms with Crippen molar-refractivity contribution in [2.75, 3.05) is 18.0 Å². The van der Waals surface area contributed by atoms with Crippen LogP contribution in [-0.4, -0.2) is 56.8 Å². The van der Waals surface area contributed by atoms with E-state index in [1.54, 1.807) is 66.1 Å². The summed E-state index contributed by atoms with van der Waals surface area (Å²) in [5.74, 6) is -1.37. The molecule has 0 saturated heterocycles. The van der Waals surface area contributed by atoms with Crippen LogP contribution in [0.25, 0.3) is 0 Å². The van der Waals surface area contributed by atoms with Gasteiger partial charge in [0.2, 0.25) is 11.9 Å². The number of pyridine rings is 1. The van der Waals surface area contributed by atoms with Gasteiger partial charge >= 0.3 is 0 Å². The summed E-state index contributed by atoms with van der Waals surface area (Å²) in [7, 11) is 0. The average molecular weight is 763 g/mol. The van der Waals surface area contributed by atoms with Gasteiger partial charge in [0.25, 0.3) is 17.7 Å². The number of rotatable bonds is 11. The zero-order chi connectivity index (χ0) is 36.1. The number of halogens is 3. The molecule has 52 heavy (non-hydrogen) atoms. The van der Waals surface area contributed by atoms with E-state index in [1.807, 2.05) is 0 Å². The molecule has 2 aromatic carbocycles. The Morgan fingerprint density at radius 2 is 1.63 bits per heavy atom. The minimum absolute atomic E-state index is 0. The van der Waals surface area contributed by atoms with Crippen LogP contribution in [0.2, 0.25) is 10.0 Å². The smallest absolute Gasteiger partial charge is 0.270 e. The highest BCUT2D eigenvalue weighted by Gasteiger charge is 2.57. The Hall–Kier alpha value is -5.00. The van der Waals surface area contributed by atoms with E-state index < -0.39 is 22.5 Å². The SMILES string of the molecule is C[C@@]1(Cc2ccc(C#N)cc2)C(=O)N(c2cc(Cl)cc(Cl)c2)c2ncc(C(=O)NC3(C(=O)NC4(c5ccc(C(=O)NCCN)cn5)CC4)CC3)n21.Cl. The first-order chi connectivity index (χ1) is 24.4. The molecule has 4 aromatic rings. The number of amides is 4. The molecule has 0 radical (unpaired) electrons. The summed E-state index contributed by atoms with van der Waals surface area (Å²) >= 11 is 12.6. The highest BCUT2D eigenvalue weighted by molar-refractivity contribution is 6.35. The molecule has 1 atom stereocenters. The molecule has 268 valence electrons. The number of carbonyl (C=O) groups excluding carboxylic acids is 4. The van der Waals surface area contributed by atoms with Crippen molar-refractivity contribution in [2.45, 2.75) is 55.6 Å². The van der Waals surface area contributed by atoms with Crippen molar-refractivity contribution in [3.05, 3.63) is 105 Å². The second kappa shape index (κ2) is 13.9. The number of benzene rings is 2. The quantitative estimate of drug-likeness (QED) is 0.174. The first-order valence-corrected chi connectivity index (χ1v) is 17.2. The molecule has 2 fully saturated rings. The fourth-order valence-electron chi connectivity index (χ4n) is 6.55. The third-order valence-electron chi connectivity index (χ3n) is 9.66. The van der Waals surface area contributed by atoms with Crippen LogP contribution in [0.1, 0.15) is 70.3 Å². The summed E-state index contributed by atoms with van der Waals surface area (Å²) in [6.07, 6.45) is 5.18. The van der Waals surface area contributed by atoms with Crippen LogP contribution in [0.4, 0.5) is 11.6 Å². The Labute approximate surface area is 315 Å². The monoisotopic (exact) mass is 761 g/mol. The van der Waals surface area contributed by atoms with Crippen LogP contribution < -0.4 is 26.6 Å². The Morgan fingerprint density at radius 1 is 0.942 bits per heavy atom. The predicted molar refractivity (Wildman–Crippen MR) is 196 cm³/mol. The number of hydrogen-bond donors (Lipinski definition) is 4. The minimum atomic E-state index is -1.34. The van der Waals surface area contributed by atoms with E-state index in [9.17, 15) is 24.4 Å². The highest BCUT2D eigenvalue weighted by atomic mass is 35.5. The fourth-order valence-corrected chi connectivity index (χ4v) is 7.06. The van der Waals surface area contributed by atoms with Crippen LogP contribution >= 0.6 is 35.6 Å². The van der Waals surface area contributed by atoms with Crippen molar-refractivity contribution in [3.63, 3.8) is 0 Å². The number of nitriles is 1. The van der Waals surface area contributed by atoms with E-state index in [-0.39, 0.29) is 48.2 Å². The van der Waals surface area contributed by atoms with E-state index in [2.05, 4.69) is 32.0 Å². The standard InChI is InChI=1S/C36H33Cl2N9O4.ClH/c1-34(17-21-2-4-22(18-40)5-3-21)32(51)46(26-15-24(37)14-25(38)16-26)33-43-20-27(47(33)34)30(49)44-36(10-11-36)31(50)45-35(8-9-35)28-7-6-23(19-42-28)29(48)41-13-12-39;/h2-7,14-16,19-20H,8-13,17,39H2,1H3,(H,41,48)(H,44,49)(H,45,50);1H/t34-;/m1./s1. The molecule has 3 aliphatic rings. The lowest BCUT2D eigenvalue weighted by Crippen LogP contribution is -2.52. The molecule has 1 aliphatic heterocycles. The summed E-state index contributed by atoms with van der Waals surface area (Å²) in [5, 5.41) is 18.7. The number of imidazole rings is 1. The number of hydrogen-bond acceptors (Lipinski definition) is 8. The van der Waals surface area contributed by atoms with Crippen LogP contribution in [0.15, 0.2) is 67.0 Å². The maximum absolute atomic E-state index is 14.4. The third kappa shape index (κ3) is 6.59. The number of fused-ring (bicyclic) bond motifs is 1. The first-order valence-electron chi connectivity index (χ1n) is 16.4. The lowest BCUT2D eigenvalue weighted by molar-refractivity contribution is -0.125. The van der Waals surface area contributed by atoms with Gasteiger partial charge in [0.05, 0.1) is 40.3 Å². The second-order valence-electron chi connectivity index (χ2n) is 13.4. The van der Waals surface area contributed by atoms with Gasteiger partial charge in [-0.1, -0.05) is 35.3 Å². The van der Waals surface area contributed by atoms with Crippen LogP contribution in [0.3, 0.4) is 0 Å². The average Bonchev–Trinajstić information content (AvgIpc) is 4.02. The second-order valence-corrected chi connectivity index (χ2v) is 14.2. The Morgan fingerprint density at radius 3 is 2.21 bits per heavy atom. The Kier molecular flexibility index (Phi) is 9.80. The summed E-state index contributed by atoms with van der Waals surface area (Å²) in [6, 6.07) is 17.1. The largest absolute Gasteiger partial charge is 0.351 e. The van der Waals surface area contributed by atoms with Crippen molar-refractivity contribution >= 4 is 70.9 Å².